The Morgan fingerprint density at radius 1 is 1.07 bits per heavy atom. The van der Waals surface area contributed by atoms with Crippen LogP contribution in [0.5, 0.6) is 0 Å². The lowest BCUT2D eigenvalue weighted by atomic mass is 10.2. The molecule has 2 N–H and O–H groups in total. The Bertz CT molecular complexity index is 1370. The molecule has 0 atom stereocenters. The van der Waals surface area contributed by atoms with Gasteiger partial charge in [-0.15, -0.1) is 11.3 Å². The van der Waals surface area contributed by atoms with Gasteiger partial charge in [0.05, 0.1) is 31.3 Å². The van der Waals surface area contributed by atoms with Crippen LogP contribution in [0.15, 0.2) is 71.1 Å². The molecule has 1 aromatic heterocycles. The molecule has 6 nitrogen and oxygen atoms in total. The Balaban J connectivity index is 1.61. The lowest BCUT2D eigenvalue weighted by molar-refractivity contribution is 0.102. The highest BCUT2D eigenvalue weighted by Gasteiger charge is 2.19. The van der Waals surface area contributed by atoms with Crippen LogP contribution in [0.1, 0.15) is 15.9 Å². The predicted octanol–water partition coefficient (Wildman–Crippen LogP) is 5.31. The fraction of sp³-hybridized carbons (Fsp3) is 0.0476. The van der Waals surface area contributed by atoms with Crippen molar-refractivity contribution < 1.29 is 13.2 Å². The van der Waals surface area contributed by atoms with E-state index in [1.165, 1.54) is 17.4 Å². The summed E-state index contributed by atoms with van der Waals surface area (Å²) in [7, 11) is -3.90. The number of thiazole rings is 1. The molecule has 1 heterocycles. The van der Waals surface area contributed by atoms with Gasteiger partial charge in [-0.2, -0.15) is 0 Å². The number of hydrogen-bond acceptors (Lipinski definition) is 5. The van der Waals surface area contributed by atoms with Gasteiger partial charge in [0, 0.05) is 11.3 Å². The first kappa shape index (κ1) is 20.3. The number of aryl methyl sites for hydroxylation is 1. The second kappa shape index (κ2) is 8.06. The van der Waals surface area contributed by atoms with Crippen molar-refractivity contribution in [3.8, 4) is 0 Å². The zero-order valence-electron chi connectivity index (χ0n) is 15.7. The number of nitrogens with zero attached hydrogens (tertiary/aromatic N) is 1. The second-order valence-electron chi connectivity index (χ2n) is 6.55. The van der Waals surface area contributed by atoms with Crippen molar-refractivity contribution in [2.45, 2.75) is 11.8 Å². The summed E-state index contributed by atoms with van der Waals surface area (Å²) >= 11 is 7.52. The molecule has 0 aliphatic heterocycles. The Morgan fingerprint density at radius 3 is 2.67 bits per heavy atom. The van der Waals surface area contributed by atoms with Gasteiger partial charge in [0.1, 0.15) is 0 Å². The molecule has 0 fully saturated rings. The molecule has 0 aliphatic carbocycles. The minimum absolute atomic E-state index is 0.0538. The number of para-hydroxylation sites is 1. The van der Waals surface area contributed by atoms with E-state index in [1.54, 1.807) is 67.0 Å². The van der Waals surface area contributed by atoms with Crippen LogP contribution < -0.4 is 10.0 Å². The molecule has 0 saturated carbocycles. The zero-order valence-corrected chi connectivity index (χ0v) is 18.1. The zero-order chi connectivity index (χ0) is 21.3. The third-order valence-electron chi connectivity index (χ3n) is 4.45. The summed E-state index contributed by atoms with van der Waals surface area (Å²) in [5.41, 5.74) is 4.20. The summed E-state index contributed by atoms with van der Waals surface area (Å²) in [6, 6.07) is 16.5. The number of rotatable bonds is 5. The van der Waals surface area contributed by atoms with Crippen molar-refractivity contribution in [3.63, 3.8) is 0 Å². The highest BCUT2D eigenvalue weighted by atomic mass is 35.5. The van der Waals surface area contributed by atoms with Crippen LogP contribution in [0.2, 0.25) is 5.02 Å². The van der Waals surface area contributed by atoms with E-state index in [9.17, 15) is 13.2 Å². The molecule has 1 amide bonds. The van der Waals surface area contributed by atoms with Crippen LogP contribution in [0.4, 0.5) is 11.4 Å². The summed E-state index contributed by atoms with van der Waals surface area (Å²) in [6.45, 7) is 1.69. The predicted molar refractivity (Wildman–Crippen MR) is 121 cm³/mol. The Kier molecular flexibility index (Phi) is 5.46. The molecule has 0 unspecified atom stereocenters. The standard InChI is InChI=1S/C21H16ClN3O3S2/c1-13-6-8-15(24-21(26)14-7-9-18-19(10-14)29-12-23-18)11-20(13)30(27,28)25-17-5-3-2-4-16(17)22/h2-12,25H,1H3,(H,24,26). The van der Waals surface area contributed by atoms with Crippen molar-refractivity contribution in [3.05, 3.63) is 82.3 Å². The summed E-state index contributed by atoms with van der Waals surface area (Å²) < 4.78 is 29.2. The molecule has 4 rings (SSSR count). The minimum atomic E-state index is -3.90. The largest absolute Gasteiger partial charge is 0.322 e. The summed E-state index contributed by atoms with van der Waals surface area (Å²) in [6.07, 6.45) is 0. The first-order valence-corrected chi connectivity index (χ1v) is 11.6. The molecular weight excluding hydrogens is 442 g/mol. The first-order valence-electron chi connectivity index (χ1n) is 8.86. The summed E-state index contributed by atoms with van der Waals surface area (Å²) in [5.74, 6) is -0.337. The third kappa shape index (κ3) is 4.16. The lowest BCUT2D eigenvalue weighted by Crippen LogP contribution is -2.16. The average molecular weight is 458 g/mol. The SMILES string of the molecule is Cc1ccc(NC(=O)c2ccc3ncsc3c2)cc1S(=O)(=O)Nc1ccccc1Cl. The van der Waals surface area contributed by atoms with E-state index in [1.807, 2.05) is 0 Å². The number of hydrogen-bond donors (Lipinski definition) is 2. The van der Waals surface area contributed by atoms with Crippen LogP contribution in [0, 0.1) is 6.92 Å². The molecule has 0 saturated heterocycles. The fourth-order valence-electron chi connectivity index (χ4n) is 2.91. The monoisotopic (exact) mass is 457 g/mol. The number of aromatic nitrogens is 1. The molecule has 0 spiro atoms. The Hall–Kier alpha value is -2.94. The van der Waals surface area contributed by atoms with Gasteiger partial charge < -0.3 is 5.32 Å². The van der Waals surface area contributed by atoms with E-state index in [4.69, 9.17) is 11.6 Å². The van der Waals surface area contributed by atoms with Gasteiger partial charge in [-0.05, 0) is 55.0 Å². The quantitative estimate of drug-likeness (QED) is 0.425. The van der Waals surface area contributed by atoms with Gasteiger partial charge >= 0.3 is 0 Å². The molecule has 0 radical (unpaired) electrons. The number of benzene rings is 3. The van der Waals surface area contributed by atoms with Crippen molar-refractivity contribution in [2.75, 3.05) is 10.0 Å². The highest BCUT2D eigenvalue weighted by Crippen LogP contribution is 2.27. The van der Waals surface area contributed by atoms with Crippen LogP contribution in [0.25, 0.3) is 10.2 Å². The number of anilines is 2. The Morgan fingerprint density at radius 2 is 1.87 bits per heavy atom. The lowest BCUT2D eigenvalue weighted by Gasteiger charge is -2.13. The van der Waals surface area contributed by atoms with E-state index in [0.29, 0.717) is 21.8 Å². The van der Waals surface area contributed by atoms with E-state index in [0.717, 1.165) is 10.2 Å². The van der Waals surface area contributed by atoms with Gasteiger partial charge in [-0.3, -0.25) is 9.52 Å². The minimum Gasteiger partial charge on any atom is -0.322 e. The molecule has 0 aliphatic rings. The number of carbonyl (C=O) groups excluding carboxylic acids is 1. The molecule has 4 aromatic rings. The highest BCUT2D eigenvalue weighted by molar-refractivity contribution is 7.92. The van der Waals surface area contributed by atoms with Crippen molar-refractivity contribution in [2.24, 2.45) is 0 Å². The van der Waals surface area contributed by atoms with Crippen LogP contribution >= 0.6 is 22.9 Å². The maximum atomic E-state index is 12.9. The summed E-state index contributed by atoms with van der Waals surface area (Å²) in [4.78, 5) is 16.9. The number of nitrogens with one attached hydrogen (secondary N) is 2. The van der Waals surface area contributed by atoms with Crippen molar-refractivity contribution in [1.82, 2.24) is 4.98 Å². The molecule has 30 heavy (non-hydrogen) atoms. The number of amides is 1. The normalized spacial score (nSPS) is 11.4. The van der Waals surface area contributed by atoms with Crippen molar-refractivity contribution in [1.29, 1.82) is 0 Å². The van der Waals surface area contributed by atoms with Gasteiger partial charge in [0.2, 0.25) is 0 Å². The molecular formula is C21H16ClN3O3S2. The number of carbonyl (C=O) groups is 1. The van der Waals surface area contributed by atoms with Gasteiger partial charge in [0.25, 0.3) is 15.9 Å². The summed E-state index contributed by atoms with van der Waals surface area (Å²) in [5, 5.41) is 3.05. The van der Waals surface area contributed by atoms with E-state index >= 15 is 0 Å². The number of fused-ring (bicyclic) bond motifs is 1. The van der Waals surface area contributed by atoms with Gasteiger partial charge in [-0.25, -0.2) is 13.4 Å². The topological polar surface area (TPSA) is 88.2 Å². The number of halogens is 1. The third-order valence-corrected chi connectivity index (χ3v) is 7.08. The second-order valence-corrected chi connectivity index (χ2v) is 9.50. The smallest absolute Gasteiger partial charge is 0.262 e. The maximum Gasteiger partial charge on any atom is 0.262 e. The first-order chi connectivity index (χ1) is 14.3. The van der Waals surface area contributed by atoms with Crippen LogP contribution in [0.3, 0.4) is 0 Å². The fourth-order valence-corrected chi connectivity index (χ4v) is 5.22. The van der Waals surface area contributed by atoms with E-state index in [2.05, 4.69) is 15.0 Å². The van der Waals surface area contributed by atoms with E-state index in [-0.39, 0.29) is 16.5 Å². The number of sulfonamides is 1. The van der Waals surface area contributed by atoms with Crippen LogP contribution in [-0.4, -0.2) is 19.3 Å². The molecule has 152 valence electrons. The maximum absolute atomic E-state index is 12.9. The van der Waals surface area contributed by atoms with Gasteiger partial charge in [0.15, 0.2) is 0 Å². The average Bonchev–Trinajstić information content (AvgIpc) is 3.19. The molecule has 0 bridgehead atoms. The van der Waals surface area contributed by atoms with Crippen LogP contribution in [-0.2, 0) is 10.0 Å². The Labute approximate surface area is 182 Å². The van der Waals surface area contributed by atoms with Crippen molar-refractivity contribution >= 4 is 60.5 Å². The van der Waals surface area contributed by atoms with E-state index < -0.39 is 10.0 Å². The molecule has 9 heteroatoms. The molecule has 3 aromatic carbocycles. The van der Waals surface area contributed by atoms with Gasteiger partial charge in [-0.1, -0.05) is 29.8 Å².